The van der Waals surface area contributed by atoms with Gasteiger partial charge in [0.15, 0.2) is 0 Å². The molecule has 0 spiro atoms. The monoisotopic (exact) mass is 302 g/mol. The highest BCUT2D eigenvalue weighted by atomic mass is 35.5. The van der Waals surface area contributed by atoms with Crippen molar-refractivity contribution >= 4 is 17.5 Å². The summed E-state index contributed by atoms with van der Waals surface area (Å²) in [6.45, 7) is 2.83. The number of rotatable bonds is 2. The Labute approximate surface area is 121 Å². The lowest BCUT2D eigenvalue weighted by Crippen LogP contribution is -2.51. The van der Waals surface area contributed by atoms with Gasteiger partial charge in [-0.1, -0.05) is 18.5 Å². The van der Waals surface area contributed by atoms with Crippen LogP contribution < -0.4 is 5.73 Å². The number of piperidine rings is 1. The molecular weight excluding hydrogens is 286 g/mol. The third kappa shape index (κ3) is 2.79. The maximum absolute atomic E-state index is 13.8. The first kappa shape index (κ1) is 15.2. The van der Waals surface area contributed by atoms with Gasteiger partial charge in [0.05, 0.1) is 10.6 Å². The van der Waals surface area contributed by atoms with Crippen LogP contribution in [-0.2, 0) is 0 Å². The smallest absolute Gasteiger partial charge is 0.257 e. The zero-order chi connectivity index (χ0) is 14.9. The molecule has 2 rings (SSSR count). The molecular formula is C14H17ClF2N2O. The van der Waals surface area contributed by atoms with Gasteiger partial charge in [0, 0.05) is 19.1 Å². The predicted octanol–water partition coefficient (Wildman–Crippen LogP) is 2.82. The molecule has 1 saturated heterocycles. The number of nitrogens with zero attached hydrogens (tertiary/aromatic N) is 1. The number of halogens is 3. The van der Waals surface area contributed by atoms with E-state index in [1.807, 2.05) is 6.92 Å². The van der Waals surface area contributed by atoms with Crippen LogP contribution in [0.15, 0.2) is 12.1 Å². The van der Waals surface area contributed by atoms with E-state index in [1.54, 1.807) is 4.90 Å². The molecule has 2 unspecified atom stereocenters. The topological polar surface area (TPSA) is 46.3 Å². The first-order valence-corrected chi connectivity index (χ1v) is 6.99. The molecule has 0 radical (unpaired) electrons. The Morgan fingerprint density at radius 3 is 2.80 bits per heavy atom. The van der Waals surface area contributed by atoms with Crippen molar-refractivity contribution in [1.29, 1.82) is 0 Å². The van der Waals surface area contributed by atoms with Crippen LogP contribution in [0.5, 0.6) is 0 Å². The minimum absolute atomic E-state index is 0.144. The maximum Gasteiger partial charge on any atom is 0.257 e. The average Bonchev–Trinajstić information content (AvgIpc) is 2.41. The van der Waals surface area contributed by atoms with Gasteiger partial charge >= 0.3 is 0 Å². The van der Waals surface area contributed by atoms with Gasteiger partial charge in [-0.2, -0.15) is 0 Å². The zero-order valence-corrected chi connectivity index (χ0v) is 12.0. The van der Waals surface area contributed by atoms with E-state index in [-0.39, 0.29) is 22.5 Å². The van der Waals surface area contributed by atoms with Gasteiger partial charge in [-0.25, -0.2) is 8.78 Å². The van der Waals surface area contributed by atoms with Crippen LogP contribution in [0.2, 0.25) is 5.02 Å². The molecule has 1 amide bonds. The van der Waals surface area contributed by atoms with E-state index < -0.39 is 17.5 Å². The molecule has 1 aliphatic rings. The number of hydrogen-bond acceptors (Lipinski definition) is 2. The van der Waals surface area contributed by atoms with E-state index >= 15 is 0 Å². The van der Waals surface area contributed by atoms with Gasteiger partial charge in [0.2, 0.25) is 0 Å². The lowest BCUT2D eigenvalue weighted by Gasteiger charge is -2.39. The fraction of sp³-hybridized carbons (Fsp3) is 0.500. The van der Waals surface area contributed by atoms with Crippen LogP contribution in [0, 0.1) is 17.6 Å². The predicted molar refractivity (Wildman–Crippen MR) is 73.6 cm³/mol. The summed E-state index contributed by atoms with van der Waals surface area (Å²) in [7, 11) is 0. The second-order valence-electron chi connectivity index (χ2n) is 5.17. The Kier molecular flexibility index (Phi) is 4.60. The lowest BCUT2D eigenvalue weighted by molar-refractivity contribution is 0.0527. The molecule has 3 nitrogen and oxygen atoms in total. The molecule has 6 heteroatoms. The molecule has 20 heavy (non-hydrogen) atoms. The van der Waals surface area contributed by atoms with Gasteiger partial charge in [0.1, 0.15) is 11.6 Å². The lowest BCUT2D eigenvalue weighted by atomic mass is 9.90. The first-order valence-electron chi connectivity index (χ1n) is 6.61. The van der Waals surface area contributed by atoms with Crippen molar-refractivity contribution in [2.75, 3.05) is 13.1 Å². The molecule has 1 aliphatic heterocycles. The van der Waals surface area contributed by atoms with Crippen LogP contribution in [0.4, 0.5) is 8.78 Å². The van der Waals surface area contributed by atoms with Gasteiger partial charge in [0.25, 0.3) is 5.91 Å². The number of likely N-dealkylation sites (tertiary alicyclic amines) is 1. The van der Waals surface area contributed by atoms with Gasteiger partial charge in [-0.3, -0.25) is 4.79 Å². The molecule has 2 N–H and O–H groups in total. The zero-order valence-electron chi connectivity index (χ0n) is 11.2. The van der Waals surface area contributed by atoms with Crippen molar-refractivity contribution < 1.29 is 13.6 Å². The van der Waals surface area contributed by atoms with Crippen LogP contribution in [0.3, 0.4) is 0 Å². The number of hydrogen-bond donors (Lipinski definition) is 1. The summed E-state index contributed by atoms with van der Waals surface area (Å²) in [5.41, 5.74) is 5.42. The van der Waals surface area contributed by atoms with Crippen LogP contribution in [-0.4, -0.2) is 29.9 Å². The van der Waals surface area contributed by atoms with E-state index in [2.05, 4.69) is 0 Å². The second kappa shape index (κ2) is 6.06. The van der Waals surface area contributed by atoms with E-state index in [1.165, 1.54) is 0 Å². The first-order chi connectivity index (χ1) is 9.45. The highest BCUT2D eigenvalue weighted by Crippen LogP contribution is 2.26. The Bertz CT molecular complexity index is 524. The minimum atomic E-state index is -0.810. The second-order valence-corrected chi connectivity index (χ2v) is 5.57. The minimum Gasteiger partial charge on any atom is -0.334 e. The van der Waals surface area contributed by atoms with Gasteiger partial charge in [-0.05, 0) is 30.9 Å². The maximum atomic E-state index is 13.8. The molecule has 1 fully saturated rings. The van der Waals surface area contributed by atoms with E-state index in [4.69, 9.17) is 17.3 Å². The van der Waals surface area contributed by atoms with E-state index in [0.717, 1.165) is 25.0 Å². The molecule has 0 saturated carbocycles. The highest BCUT2D eigenvalue weighted by molar-refractivity contribution is 6.30. The van der Waals surface area contributed by atoms with Crippen LogP contribution in [0.25, 0.3) is 0 Å². The summed E-state index contributed by atoms with van der Waals surface area (Å²) < 4.78 is 27.3. The number of nitrogens with two attached hydrogens (primary N) is 1. The number of benzene rings is 1. The molecule has 2 atom stereocenters. The summed E-state index contributed by atoms with van der Waals surface area (Å²) >= 11 is 5.50. The Hall–Kier alpha value is -1.20. The molecule has 1 aromatic rings. The van der Waals surface area contributed by atoms with Crippen LogP contribution >= 0.6 is 11.6 Å². The third-order valence-corrected chi connectivity index (χ3v) is 4.15. The SMILES string of the molecule is CC1CCCN(C(=O)c2cc(F)c(Cl)cc2F)C1CN. The number of carbonyl (C=O) groups excluding carboxylic acids is 1. The molecule has 110 valence electrons. The summed E-state index contributed by atoms with van der Waals surface area (Å²) in [5, 5.41) is -0.332. The largest absolute Gasteiger partial charge is 0.334 e. The van der Waals surface area contributed by atoms with Gasteiger partial charge < -0.3 is 10.6 Å². The van der Waals surface area contributed by atoms with E-state index in [9.17, 15) is 13.6 Å². The standard InChI is InChI=1S/C14H17ClF2N2O/c1-8-3-2-4-19(13(8)7-18)14(20)9-5-12(17)10(15)6-11(9)16/h5-6,8,13H,2-4,7,18H2,1H3. The number of amides is 1. The molecule has 0 aliphatic carbocycles. The Balaban J connectivity index is 2.33. The van der Waals surface area contributed by atoms with Crippen molar-refractivity contribution in [2.24, 2.45) is 11.7 Å². The van der Waals surface area contributed by atoms with Crippen molar-refractivity contribution in [3.63, 3.8) is 0 Å². The Morgan fingerprint density at radius 1 is 1.45 bits per heavy atom. The fourth-order valence-corrected chi connectivity index (χ4v) is 2.85. The van der Waals surface area contributed by atoms with Crippen LogP contribution in [0.1, 0.15) is 30.1 Å². The van der Waals surface area contributed by atoms with Crippen molar-refractivity contribution in [3.05, 3.63) is 34.4 Å². The van der Waals surface area contributed by atoms with E-state index in [0.29, 0.717) is 13.1 Å². The van der Waals surface area contributed by atoms with Crippen molar-refractivity contribution in [1.82, 2.24) is 4.90 Å². The Morgan fingerprint density at radius 2 is 2.15 bits per heavy atom. The molecule has 0 bridgehead atoms. The normalized spacial score (nSPS) is 22.9. The highest BCUT2D eigenvalue weighted by Gasteiger charge is 2.32. The average molecular weight is 303 g/mol. The number of carbonyl (C=O) groups is 1. The summed E-state index contributed by atoms with van der Waals surface area (Å²) in [6.07, 6.45) is 1.81. The fourth-order valence-electron chi connectivity index (χ4n) is 2.70. The third-order valence-electron chi connectivity index (χ3n) is 3.86. The van der Waals surface area contributed by atoms with Crippen molar-refractivity contribution in [3.8, 4) is 0 Å². The molecule has 1 heterocycles. The van der Waals surface area contributed by atoms with Gasteiger partial charge in [-0.15, -0.1) is 0 Å². The molecule has 1 aromatic carbocycles. The quantitative estimate of drug-likeness (QED) is 0.854. The van der Waals surface area contributed by atoms with Crippen molar-refractivity contribution in [2.45, 2.75) is 25.8 Å². The summed E-state index contributed by atoms with van der Waals surface area (Å²) in [4.78, 5) is 14.0. The summed E-state index contributed by atoms with van der Waals surface area (Å²) in [6, 6.07) is 1.54. The summed E-state index contributed by atoms with van der Waals surface area (Å²) in [5.74, 6) is -1.89. The molecule has 0 aromatic heterocycles.